The quantitative estimate of drug-likeness (QED) is 0.643. The summed E-state index contributed by atoms with van der Waals surface area (Å²) in [5.74, 6) is 0.594. The van der Waals surface area contributed by atoms with Gasteiger partial charge in [0.1, 0.15) is 5.75 Å². The van der Waals surface area contributed by atoms with Crippen LogP contribution in [0.15, 0.2) is 59.5 Å². The van der Waals surface area contributed by atoms with Gasteiger partial charge in [-0.15, -0.1) is 0 Å². The number of ether oxygens (including phenoxy) is 2. The van der Waals surface area contributed by atoms with E-state index in [1.54, 1.807) is 30.6 Å². The molecule has 0 fully saturated rings. The highest BCUT2D eigenvalue weighted by molar-refractivity contribution is 6.12. The molecule has 2 aromatic rings. The molecule has 0 amide bonds. The Morgan fingerprint density at radius 3 is 2.61 bits per heavy atom. The summed E-state index contributed by atoms with van der Waals surface area (Å²) in [5, 5.41) is 0. The third-order valence-corrected chi connectivity index (χ3v) is 3.08. The van der Waals surface area contributed by atoms with E-state index in [1.807, 2.05) is 38.1 Å². The van der Waals surface area contributed by atoms with Crippen LogP contribution < -0.4 is 4.74 Å². The van der Waals surface area contributed by atoms with Gasteiger partial charge in [-0.25, -0.2) is 9.79 Å². The van der Waals surface area contributed by atoms with E-state index in [4.69, 9.17) is 9.47 Å². The second kappa shape index (κ2) is 6.44. The molecule has 1 aromatic heterocycles. The van der Waals surface area contributed by atoms with Gasteiger partial charge in [0.15, 0.2) is 5.70 Å². The van der Waals surface area contributed by atoms with E-state index in [-0.39, 0.29) is 17.7 Å². The van der Waals surface area contributed by atoms with Crippen molar-refractivity contribution in [2.75, 3.05) is 0 Å². The first-order valence-corrected chi connectivity index (χ1v) is 7.31. The number of hydrogen-bond donors (Lipinski definition) is 0. The number of aromatic nitrogens is 1. The molecule has 0 radical (unpaired) electrons. The SMILES string of the molecule is CC(C)Oc1ccc(/C=C2/N=C(c3cccnc3)OC2=O)cc1. The van der Waals surface area contributed by atoms with Gasteiger partial charge in [-0.2, -0.15) is 0 Å². The highest BCUT2D eigenvalue weighted by atomic mass is 16.6. The lowest BCUT2D eigenvalue weighted by Crippen LogP contribution is -2.05. The van der Waals surface area contributed by atoms with E-state index in [0.29, 0.717) is 5.56 Å². The van der Waals surface area contributed by atoms with Crippen LogP contribution in [-0.2, 0) is 9.53 Å². The summed E-state index contributed by atoms with van der Waals surface area (Å²) in [6.07, 6.45) is 5.06. The minimum atomic E-state index is -0.466. The molecule has 0 spiro atoms. The van der Waals surface area contributed by atoms with Gasteiger partial charge in [0.2, 0.25) is 5.90 Å². The van der Waals surface area contributed by atoms with Crippen LogP contribution in [0.25, 0.3) is 6.08 Å². The maximum atomic E-state index is 11.9. The molecule has 1 aliphatic heterocycles. The van der Waals surface area contributed by atoms with Gasteiger partial charge >= 0.3 is 5.97 Å². The number of aliphatic imine (C=N–C) groups is 1. The minimum absolute atomic E-state index is 0.121. The van der Waals surface area contributed by atoms with Crippen molar-refractivity contribution >= 4 is 17.9 Å². The summed E-state index contributed by atoms with van der Waals surface area (Å²) >= 11 is 0. The second-order valence-corrected chi connectivity index (χ2v) is 5.31. The van der Waals surface area contributed by atoms with E-state index < -0.39 is 5.97 Å². The molecule has 0 N–H and O–H groups in total. The molecule has 0 saturated heterocycles. The minimum Gasteiger partial charge on any atom is -0.491 e. The predicted molar refractivity (Wildman–Crippen MR) is 87.0 cm³/mol. The van der Waals surface area contributed by atoms with Crippen LogP contribution in [0.1, 0.15) is 25.0 Å². The third-order valence-electron chi connectivity index (χ3n) is 3.08. The lowest BCUT2D eigenvalue weighted by molar-refractivity contribution is -0.129. The van der Waals surface area contributed by atoms with Gasteiger partial charge < -0.3 is 9.47 Å². The molecule has 5 heteroatoms. The number of carbonyl (C=O) groups excluding carboxylic acids is 1. The highest BCUT2D eigenvalue weighted by Gasteiger charge is 2.24. The summed E-state index contributed by atoms with van der Waals surface area (Å²) in [5.41, 5.74) is 1.79. The lowest BCUT2D eigenvalue weighted by atomic mass is 10.2. The van der Waals surface area contributed by atoms with Crippen molar-refractivity contribution in [3.8, 4) is 5.75 Å². The maximum absolute atomic E-state index is 11.9. The van der Waals surface area contributed by atoms with Crippen LogP contribution in [0, 0.1) is 0 Å². The number of hydrogen-bond acceptors (Lipinski definition) is 5. The molecule has 0 bridgehead atoms. The summed E-state index contributed by atoms with van der Waals surface area (Å²) in [6, 6.07) is 11.0. The van der Waals surface area contributed by atoms with Crippen LogP contribution in [0.3, 0.4) is 0 Å². The van der Waals surface area contributed by atoms with Crippen molar-refractivity contribution in [2.45, 2.75) is 20.0 Å². The van der Waals surface area contributed by atoms with E-state index in [2.05, 4.69) is 9.98 Å². The van der Waals surface area contributed by atoms with Crippen molar-refractivity contribution in [3.63, 3.8) is 0 Å². The Morgan fingerprint density at radius 2 is 1.96 bits per heavy atom. The van der Waals surface area contributed by atoms with Gasteiger partial charge in [0.05, 0.1) is 11.7 Å². The van der Waals surface area contributed by atoms with E-state index >= 15 is 0 Å². The smallest absolute Gasteiger partial charge is 0.363 e. The van der Waals surface area contributed by atoms with Crippen LogP contribution in [0.4, 0.5) is 0 Å². The number of rotatable bonds is 4. The molecule has 0 aliphatic carbocycles. The predicted octanol–water partition coefficient (Wildman–Crippen LogP) is 3.21. The Balaban J connectivity index is 1.82. The Kier molecular flexibility index (Phi) is 4.19. The Bertz CT molecular complexity index is 763. The normalized spacial score (nSPS) is 15.7. The molecule has 3 rings (SSSR count). The molecule has 0 saturated carbocycles. The Morgan fingerprint density at radius 1 is 1.17 bits per heavy atom. The molecule has 0 unspecified atom stereocenters. The zero-order valence-electron chi connectivity index (χ0n) is 12.9. The first-order valence-electron chi connectivity index (χ1n) is 7.31. The average Bonchev–Trinajstić information content (AvgIpc) is 2.91. The fourth-order valence-electron chi connectivity index (χ4n) is 2.09. The van der Waals surface area contributed by atoms with Crippen molar-refractivity contribution in [1.29, 1.82) is 0 Å². The van der Waals surface area contributed by atoms with E-state index in [0.717, 1.165) is 11.3 Å². The van der Waals surface area contributed by atoms with Gasteiger partial charge in [-0.3, -0.25) is 4.98 Å². The first kappa shape index (κ1) is 15.0. The summed E-state index contributed by atoms with van der Waals surface area (Å²) < 4.78 is 10.8. The zero-order valence-corrected chi connectivity index (χ0v) is 12.9. The van der Waals surface area contributed by atoms with Gasteiger partial charge in [-0.1, -0.05) is 12.1 Å². The van der Waals surface area contributed by atoms with Crippen molar-refractivity contribution in [1.82, 2.24) is 4.98 Å². The molecule has 0 atom stereocenters. The molecular weight excluding hydrogens is 292 g/mol. The number of carbonyl (C=O) groups is 1. The van der Waals surface area contributed by atoms with Crippen LogP contribution in [-0.4, -0.2) is 23.0 Å². The summed E-state index contributed by atoms with van der Waals surface area (Å²) in [7, 11) is 0. The summed E-state index contributed by atoms with van der Waals surface area (Å²) in [6.45, 7) is 3.94. The second-order valence-electron chi connectivity index (χ2n) is 5.31. The number of cyclic esters (lactones) is 1. The topological polar surface area (TPSA) is 60.8 Å². The van der Waals surface area contributed by atoms with Crippen LogP contribution >= 0.6 is 0 Å². The van der Waals surface area contributed by atoms with Crippen molar-refractivity contribution in [2.24, 2.45) is 4.99 Å². The maximum Gasteiger partial charge on any atom is 0.363 e. The fraction of sp³-hybridized carbons (Fsp3) is 0.167. The number of nitrogens with zero attached hydrogens (tertiary/aromatic N) is 2. The highest BCUT2D eigenvalue weighted by Crippen LogP contribution is 2.20. The monoisotopic (exact) mass is 308 g/mol. The fourth-order valence-corrected chi connectivity index (χ4v) is 2.09. The Hall–Kier alpha value is -2.95. The molecule has 23 heavy (non-hydrogen) atoms. The van der Waals surface area contributed by atoms with Crippen molar-refractivity contribution < 1.29 is 14.3 Å². The number of pyridine rings is 1. The van der Waals surface area contributed by atoms with Gasteiger partial charge in [0.25, 0.3) is 0 Å². The van der Waals surface area contributed by atoms with Gasteiger partial charge in [0, 0.05) is 12.4 Å². The number of esters is 1. The zero-order chi connectivity index (χ0) is 16.2. The van der Waals surface area contributed by atoms with Crippen molar-refractivity contribution in [3.05, 3.63) is 65.6 Å². The molecule has 1 aliphatic rings. The van der Waals surface area contributed by atoms with E-state index in [9.17, 15) is 4.79 Å². The molecule has 2 heterocycles. The molecule has 5 nitrogen and oxygen atoms in total. The van der Waals surface area contributed by atoms with E-state index in [1.165, 1.54) is 0 Å². The average molecular weight is 308 g/mol. The third kappa shape index (κ3) is 3.63. The van der Waals surface area contributed by atoms with Gasteiger partial charge in [-0.05, 0) is 49.8 Å². The van der Waals surface area contributed by atoms with Crippen LogP contribution in [0.2, 0.25) is 0 Å². The number of benzene rings is 1. The Labute approximate surface area is 134 Å². The molecule has 116 valence electrons. The van der Waals surface area contributed by atoms with Crippen LogP contribution in [0.5, 0.6) is 5.75 Å². The standard InChI is InChI=1S/C18H16N2O3/c1-12(2)22-15-7-5-13(6-8-15)10-16-18(21)23-17(20-16)14-4-3-9-19-11-14/h3-12H,1-2H3/b16-10+. The summed E-state index contributed by atoms with van der Waals surface area (Å²) in [4.78, 5) is 20.2. The first-order chi connectivity index (χ1) is 11.1. The lowest BCUT2D eigenvalue weighted by Gasteiger charge is -2.09. The molecular formula is C18H16N2O3. The largest absolute Gasteiger partial charge is 0.491 e. The molecule has 1 aromatic carbocycles.